The molecule has 1 fully saturated rings. The van der Waals surface area contributed by atoms with Crippen molar-refractivity contribution in [2.45, 2.75) is 31.0 Å². The first kappa shape index (κ1) is 29.2. The van der Waals surface area contributed by atoms with Gasteiger partial charge >= 0.3 is 23.9 Å². The second-order valence-electron chi connectivity index (χ2n) is 9.87. The first-order chi connectivity index (χ1) is 20.8. The third kappa shape index (κ3) is 6.79. The van der Waals surface area contributed by atoms with Gasteiger partial charge in [-0.2, -0.15) is 0 Å². The molecule has 0 N–H and O–H groups in total. The monoisotopic (exact) mass is 580 g/mol. The number of rotatable bonds is 9. The van der Waals surface area contributed by atoms with Gasteiger partial charge in [-0.3, -0.25) is 0 Å². The molecule has 5 rings (SSSR count). The Balaban J connectivity index is 1.48. The van der Waals surface area contributed by atoms with Crippen LogP contribution in [0.4, 0.5) is 0 Å². The van der Waals surface area contributed by atoms with Crippen molar-refractivity contribution in [1.82, 2.24) is 0 Å². The van der Waals surface area contributed by atoms with Crippen LogP contribution in [0.2, 0.25) is 0 Å². The number of carbonyl (C=O) groups excluding carboxylic acids is 4. The highest BCUT2D eigenvalue weighted by atomic mass is 16.8. The van der Waals surface area contributed by atoms with E-state index in [1.54, 1.807) is 121 Å². The van der Waals surface area contributed by atoms with Gasteiger partial charge in [0, 0.05) is 0 Å². The minimum atomic E-state index is -1.86. The number of carbonyl (C=O) groups is 4. The van der Waals surface area contributed by atoms with E-state index in [-0.39, 0.29) is 16.7 Å². The second-order valence-corrected chi connectivity index (χ2v) is 9.87. The maximum atomic E-state index is 13.3. The highest BCUT2D eigenvalue weighted by molar-refractivity contribution is 5.91. The Morgan fingerprint density at radius 2 is 0.977 bits per heavy atom. The summed E-state index contributed by atoms with van der Waals surface area (Å²) in [6.45, 7) is 1.04. The summed E-state index contributed by atoms with van der Waals surface area (Å²) in [7, 11) is 0. The van der Waals surface area contributed by atoms with E-state index in [1.165, 1.54) is 6.92 Å². The van der Waals surface area contributed by atoms with E-state index in [1.807, 2.05) is 0 Å². The van der Waals surface area contributed by atoms with Gasteiger partial charge in [-0.15, -0.1) is 0 Å². The van der Waals surface area contributed by atoms with Gasteiger partial charge in [0.25, 0.3) is 0 Å². The minimum absolute atomic E-state index is 0.212. The summed E-state index contributed by atoms with van der Waals surface area (Å²) < 4.78 is 29.1. The summed E-state index contributed by atoms with van der Waals surface area (Å²) in [5, 5.41) is 0. The van der Waals surface area contributed by atoms with Gasteiger partial charge in [-0.1, -0.05) is 72.8 Å². The van der Waals surface area contributed by atoms with Crippen molar-refractivity contribution in [3.05, 3.63) is 144 Å². The van der Waals surface area contributed by atoms with Crippen molar-refractivity contribution in [3.8, 4) is 0 Å². The maximum absolute atomic E-state index is 13.3. The molecule has 1 aliphatic heterocycles. The van der Waals surface area contributed by atoms with Crippen LogP contribution in [0.15, 0.2) is 121 Å². The molecule has 9 nitrogen and oxygen atoms in total. The fourth-order valence-electron chi connectivity index (χ4n) is 4.58. The molecule has 218 valence electrons. The molecular formula is C34H28O9. The van der Waals surface area contributed by atoms with Gasteiger partial charge in [-0.25, -0.2) is 19.2 Å². The summed E-state index contributed by atoms with van der Waals surface area (Å²) >= 11 is 0. The van der Waals surface area contributed by atoms with Gasteiger partial charge < -0.3 is 23.7 Å². The molecule has 43 heavy (non-hydrogen) atoms. The van der Waals surface area contributed by atoms with E-state index < -0.39 is 54.6 Å². The molecule has 0 spiro atoms. The van der Waals surface area contributed by atoms with Gasteiger partial charge in [0.2, 0.25) is 11.9 Å². The van der Waals surface area contributed by atoms with Crippen LogP contribution in [-0.4, -0.2) is 54.6 Å². The lowest BCUT2D eigenvalue weighted by atomic mass is 9.96. The van der Waals surface area contributed by atoms with Gasteiger partial charge in [-0.05, 0) is 55.5 Å². The Morgan fingerprint density at radius 1 is 0.581 bits per heavy atom. The zero-order valence-electron chi connectivity index (χ0n) is 23.2. The van der Waals surface area contributed by atoms with Crippen molar-refractivity contribution >= 4 is 23.9 Å². The Morgan fingerprint density at radius 3 is 1.44 bits per heavy atom. The Kier molecular flexibility index (Phi) is 8.93. The van der Waals surface area contributed by atoms with E-state index in [0.29, 0.717) is 5.56 Å². The van der Waals surface area contributed by atoms with Crippen LogP contribution in [0, 0.1) is 0 Å². The van der Waals surface area contributed by atoms with E-state index in [4.69, 9.17) is 23.7 Å². The SMILES string of the molecule is C[C@@]1(OC(=O)c2ccccc2)C(OC(=O)c2ccccc2)O[C@H](COC(=O)c2ccccc2)C1OC(=O)c1ccccc1. The van der Waals surface area contributed by atoms with Crippen LogP contribution < -0.4 is 0 Å². The molecule has 0 saturated carbocycles. The van der Waals surface area contributed by atoms with Crippen molar-refractivity contribution in [3.63, 3.8) is 0 Å². The number of benzene rings is 4. The molecule has 4 aromatic carbocycles. The minimum Gasteiger partial charge on any atom is -0.459 e. The summed E-state index contributed by atoms with van der Waals surface area (Å²) in [6, 6.07) is 32.8. The van der Waals surface area contributed by atoms with Gasteiger partial charge in [0.15, 0.2) is 6.10 Å². The standard InChI is InChI=1S/C34H28O9/c1-34(43-32(38)26-20-12-5-13-21-26)28(41-30(36)24-16-8-3-9-17-24)27(22-39-29(35)23-14-6-2-7-15-23)40-33(34)42-31(37)25-18-10-4-11-19-25/h2-21,27-28,33H,22H2,1H3/t27-,28?,33?,34+/m1/s1. The lowest BCUT2D eigenvalue weighted by Gasteiger charge is -2.33. The molecule has 0 bridgehead atoms. The van der Waals surface area contributed by atoms with Crippen LogP contribution >= 0.6 is 0 Å². The summed E-state index contributed by atoms with van der Waals surface area (Å²) in [5.41, 5.74) is -0.901. The molecule has 4 atom stereocenters. The Labute approximate surface area is 247 Å². The van der Waals surface area contributed by atoms with Crippen LogP contribution in [-0.2, 0) is 23.7 Å². The molecule has 2 unspecified atom stereocenters. The van der Waals surface area contributed by atoms with Crippen molar-refractivity contribution < 1.29 is 42.9 Å². The fraction of sp³-hybridized carbons (Fsp3) is 0.176. The summed E-state index contributed by atoms with van der Waals surface area (Å²) in [5.74, 6) is -2.92. The normalized spacial score (nSPS) is 20.9. The first-order valence-corrected chi connectivity index (χ1v) is 13.5. The third-order valence-electron chi connectivity index (χ3n) is 6.85. The predicted molar refractivity (Wildman–Crippen MR) is 153 cm³/mol. The quantitative estimate of drug-likeness (QED) is 0.193. The molecular weight excluding hydrogens is 552 g/mol. The van der Waals surface area contributed by atoms with Crippen molar-refractivity contribution in [1.29, 1.82) is 0 Å². The van der Waals surface area contributed by atoms with Crippen molar-refractivity contribution in [2.75, 3.05) is 6.61 Å². The average molecular weight is 581 g/mol. The number of hydrogen-bond donors (Lipinski definition) is 0. The van der Waals surface area contributed by atoms with Crippen LogP contribution in [0.1, 0.15) is 48.4 Å². The number of hydrogen-bond acceptors (Lipinski definition) is 9. The lowest BCUT2D eigenvalue weighted by Crippen LogP contribution is -2.53. The third-order valence-corrected chi connectivity index (χ3v) is 6.85. The Hall–Kier alpha value is -5.28. The molecule has 0 radical (unpaired) electrons. The van der Waals surface area contributed by atoms with Crippen molar-refractivity contribution in [2.24, 2.45) is 0 Å². The molecule has 1 heterocycles. The zero-order chi connectivity index (χ0) is 30.2. The van der Waals surface area contributed by atoms with Crippen LogP contribution in [0.3, 0.4) is 0 Å². The summed E-state index contributed by atoms with van der Waals surface area (Å²) in [4.78, 5) is 52.5. The average Bonchev–Trinajstić information content (AvgIpc) is 3.30. The van der Waals surface area contributed by atoms with Gasteiger partial charge in [0.05, 0.1) is 22.3 Å². The molecule has 0 aromatic heterocycles. The summed E-state index contributed by atoms with van der Waals surface area (Å²) in [6.07, 6.45) is -4.07. The topological polar surface area (TPSA) is 114 Å². The van der Waals surface area contributed by atoms with E-state index in [9.17, 15) is 19.2 Å². The van der Waals surface area contributed by atoms with E-state index in [0.717, 1.165) is 0 Å². The molecule has 1 saturated heterocycles. The second kappa shape index (κ2) is 13.1. The highest BCUT2D eigenvalue weighted by Gasteiger charge is 2.61. The number of ether oxygens (including phenoxy) is 5. The largest absolute Gasteiger partial charge is 0.459 e. The fourth-order valence-corrected chi connectivity index (χ4v) is 4.58. The zero-order valence-corrected chi connectivity index (χ0v) is 23.2. The molecule has 9 heteroatoms. The lowest BCUT2D eigenvalue weighted by molar-refractivity contribution is -0.175. The van der Waals surface area contributed by atoms with E-state index >= 15 is 0 Å². The highest BCUT2D eigenvalue weighted by Crippen LogP contribution is 2.39. The first-order valence-electron chi connectivity index (χ1n) is 13.5. The van der Waals surface area contributed by atoms with E-state index in [2.05, 4.69) is 0 Å². The molecule has 1 aliphatic rings. The number of esters is 4. The van der Waals surface area contributed by atoms with Crippen LogP contribution in [0.25, 0.3) is 0 Å². The van der Waals surface area contributed by atoms with Gasteiger partial charge in [0.1, 0.15) is 12.7 Å². The molecule has 0 aliphatic carbocycles. The Bertz CT molecular complexity index is 1560. The predicted octanol–water partition coefficient (Wildman–Crippen LogP) is 5.27. The smallest absolute Gasteiger partial charge is 0.340 e. The maximum Gasteiger partial charge on any atom is 0.340 e. The molecule has 4 aromatic rings. The molecule has 0 amide bonds. The van der Waals surface area contributed by atoms with Crippen LogP contribution in [0.5, 0.6) is 0 Å².